The average Bonchev–Trinajstić information content (AvgIpc) is 2.42. The predicted octanol–water partition coefficient (Wildman–Crippen LogP) is 3.54. The lowest BCUT2D eigenvalue weighted by Crippen LogP contribution is -2.19. The first kappa shape index (κ1) is 15.4. The standard InChI is InChI=1S/C17H29N3/c1-5-18-11-10-16-13(3)19-17(20-14(16)4)15-8-6-12(2)7-9-15/h12,15,18H,5-11H2,1-4H3. The quantitative estimate of drug-likeness (QED) is 0.835. The van der Waals surface area contributed by atoms with Crippen molar-refractivity contribution >= 4 is 0 Å². The molecule has 0 atom stereocenters. The fraction of sp³-hybridized carbons (Fsp3) is 0.765. The van der Waals surface area contributed by atoms with E-state index in [0.717, 1.165) is 31.3 Å². The molecule has 2 rings (SSSR count). The molecule has 1 aromatic rings. The summed E-state index contributed by atoms with van der Waals surface area (Å²) in [6.07, 6.45) is 6.21. The van der Waals surface area contributed by atoms with Crippen LogP contribution in [0, 0.1) is 19.8 Å². The van der Waals surface area contributed by atoms with Crippen LogP contribution in [0.15, 0.2) is 0 Å². The average molecular weight is 275 g/mol. The second kappa shape index (κ2) is 7.16. The van der Waals surface area contributed by atoms with Crippen LogP contribution < -0.4 is 5.32 Å². The summed E-state index contributed by atoms with van der Waals surface area (Å²) < 4.78 is 0. The fourth-order valence-electron chi connectivity index (χ4n) is 3.22. The maximum absolute atomic E-state index is 4.82. The van der Waals surface area contributed by atoms with E-state index in [4.69, 9.17) is 9.97 Å². The third-order valence-electron chi connectivity index (χ3n) is 4.62. The molecule has 0 saturated heterocycles. The summed E-state index contributed by atoms with van der Waals surface area (Å²) >= 11 is 0. The largest absolute Gasteiger partial charge is 0.317 e. The first-order valence-electron chi connectivity index (χ1n) is 8.16. The molecule has 3 heteroatoms. The molecule has 112 valence electrons. The highest BCUT2D eigenvalue weighted by atomic mass is 14.9. The Morgan fingerprint density at radius 1 is 1.05 bits per heavy atom. The summed E-state index contributed by atoms with van der Waals surface area (Å²) in [6.45, 7) is 10.8. The minimum Gasteiger partial charge on any atom is -0.317 e. The molecule has 0 unspecified atom stereocenters. The zero-order chi connectivity index (χ0) is 14.5. The van der Waals surface area contributed by atoms with E-state index in [2.05, 4.69) is 33.0 Å². The predicted molar refractivity (Wildman–Crippen MR) is 84.1 cm³/mol. The molecule has 1 heterocycles. The van der Waals surface area contributed by atoms with E-state index >= 15 is 0 Å². The van der Waals surface area contributed by atoms with Crippen molar-refractivity contribution in [3.05, 3.63) is 22.8 Å². The van der Waals surface area contributed by atoms with Crippen LogP contribution in [-0.2, 0) is 6.42 Å². The van der Waals surface area contributed by atoms with Crippen LogP contribution in [0.2, 0.25) is 0 Å². The van der Waals surface area contributed by atoms with E-state index in [0.29, 0.717) is 5.92 Å². The number of nitrogens with one attached hydrogen (secondary N) is 1. The normalized spacial score (nSPS) is 23.0. The molecule has 3 nitrogen and oxygen atoms in total. The second-order valence-electron chi connectivity index (χ2n) is 6.29. The van der Waals surface area contributed by atoms with Crippen molar-refractivity contribution < 1.29 is 0 Å². The van der Waals surface area contributed by atoms with Gasteiger partial charge in [-0.1, -0.05) is 26.7 Å². The topological polar surface area (TPSA) is 37.8 Å². The molecule has 20 heavy (non-hydrogen) atoms. The third-order valence-corrected chi connectivity index (χ3v) is 4.62. The molecule has 0 spiro atoms. The zero-order valence-electron chi connectivity index (χ0n) is 13.5. The number of aromatic nitrogens is 2. The second-order valence-corrected chi connectivity index (χ2v) is 6.29. The number of likely N-dealkylation sites (N-methyl/N-ethyl adjacent to an activating group) is 1. The molecular formula is C17H29N3. The van der Waals surface area contributed by atoms with Gasteiger partial charge in [-0.25, -0.2) is 9.97 Å². The third kappa shape index (κ3) is 3.78. The Morgan fingerprint density at radius 3 is 2.20 bits per heavy atom. The van der Waals surface area contributed by atoms with Crippen molar-refractivity contribution in [3.8, 4) is 0 Å². The molecule has 1 fully saturated rings. The monoisotopic (exact) mass is 275 g/mol. The summed E-state index contributed by atoms with van der Waals surface area (Å²) in [5.41, 5.74) is 3.70. The minimum absolute atomic E-state index is 0.589. The van der Waals surface area contributed by atoms with Gasteiger partial charge in [-0.2, -0.15) is 0 Å². The highest BCUT2D eigenvalue weighted by molar-refractivity contribution is 5.25. The number of rotatable bonds is 5. The highest BCUT2D eigenvalue weighted by Crippen LogP contribution is 2.34. The molecule has 1 aliphatic carbocycles. The first-order valence-corrected chi connectivity index (χ1v) is 8.16. The number of hydrogen-bond donors (Lipinski definition) is 1. The Hall–Kier alpha value is -0.960. The van der Waals surface area contributed by atoms with E-state index in [1.807, 2.05) is 0 Å². The van der Waals surface area contributed by atoms with Crippen LogP contribution in [0.25, 0.3) is 0 Å². The van der Waals surface area contributed by atoms with Gasteiger partial charge in [-0.3, -0.25) is 0 Å². The van der Waals surface area contributed by atoms with Crippen molar-refractivity contribution in [2.45, 2.75) is 65.7 Å². The van der Waals surface area contributed by atoms with Crippen LogP contribution in [0.3, 0.4) is 0 Å². The van der Waals surface area contributed by atoms with Crippen molar-refractivity contribution in [2.24, 2.45) is 5.92 Å². The molecule has 1 N–H and O–H groups in total. The molecule has 0 amide bonds. The lowest BCUT2D eigenvalue weighted by Gasteiger charge is -2.25. The van der Waals surface area contributed by atoms with Gasteiger partial charge in [-0.05, 0) is 57.7 Å². The minimum atomic E-state index is 0.589. The lowest BCUT2D eigenvalue weighted by molar-refractivity contribution is 0.339. The van der Waals surface area contributed by atoms with Gasteiger partial charge in [0.25, 0.3) is 0 Å². The molecule has 0 radical (unpaired) electrons. The molecule has 1 saturated carbocycles. The van der Waals surface area contributed by atoms with Crippen LogP contribution in [-0.4, -0.2) is 23.1 Å². The van der Waals surface area contributed by atoms with E-state index in [9.17, 15) is 0 Å². The van der Waals surface area contributed by atoms with Gasteiger partial charge in [0.15, 0.2) is 0 Å². The van der Waals surface area contributed by atoms with Gasteiger partial charge in [0.05, 0.1) is 0 Å². The molecule has 1 aliphatic rings. The summed E-state index contributed by atoms with van der Waals surface area (Å²) in [7, 11) is 0. The van der Waals surface area contributed by atoms with Crippen LogP contribution in [0.4, 0.5) is 0 Å². The Kier molecular flexibility index (Phi) is 5.53. The number of aryl methyl sites for hydroxylation is 2. The summed E-state index contributed by atoms with van der Waals surface area (Å²) in [6, 6.07) is 0. The Bertz CT molecular complexity index is 411. The van der Waals surface area contributed by atoms with Gasteiger partial charge in [0.2, 0.25) is 0 Å². The smallest absolute Gasteiger partial charge is 0.131 e. The lowest BCUT2D eigenvalue weighted by atomic mass is 9.82. The zero-order valence-corrected chi connectivity index (χ0v) is 13.5. The fourth-order valence-corrected chi connectivity index (χ4v) is 3.22. The Labute approximate surface area is 123 Å². The maximum Gasteiger partial charge on any atom is 0.131 e. The highest BCUT2D eigenvalue weighted by Gasteiger charge is 2.23. The Balaban J connectivity index is 2.09. The van der Waals surface area contributed by atoms with Gasteiger partial charge >= 0.3 is 0 Å². The van der Waals surface area contributed by atoms with Crippen molar-refractivity contribution in [2.75, 3.05) is 13.1 Å². The summed E-state index contributed by atoms with van der Waals surface area (Å²) in [5.74, 6) is 2.57. The van der Waals surface area contributed by atoms with Gasteiger partial charge in [-0.15, -0.1) is 0 Å². The van der Waals surface area contributed by atoms with Crippen molar-refractivity contribution in [1.82, 2.24) is 15.3 Å². The summed E-state index contributed by atoms with van der Waals surface area (Å²) in [4.78, 5) is 9.65. The van der Waals surface area contributed by atoms with E-state index < -0.39 is 0 Å². The van der Waals surface area contributed by atoms with Crippen LogP contribution in [0.1, 0.15) is 68.2 Å². The van der Waals surface area contributed by atoms with Crippen molar-refractivity contribution in [1.29, 1.82) is 0 Å². The molecular weight excluding hydrogens is 246 g/mol. The van der Waals surface area contributed by atoms with Crippen LogP contribution >= 0.6 is 0 Å². The van der Waals surface area contributed by atoms with Gasteiger partial charge in [0.1, 0.15) is 5.82 Å². The van der Waals surface area contributed by atoms with E-state index in [1.165, 1.54) is 42.6 Å². The number of hydrogen-bond acceptors (Lipinski definition) is 3. The molecule has 0 bridgehead atoms. The van der Waals surface area contributed by atoms with Crippen LogP contribution in [0.5, 0.6) is 0 Å². The maximum atomic E-state index is 4.82. The van der Waals surface area contributed by atoms with Crippen molar-refractivity contribution in [3.63, 3.8) is 0 Å². The first-order chi connectivity index (χ1) is 9.61. The Morgan fingerprint density at radius 2 is 1.65 bits per heavy atom. The molecule has 0 aromatic carbocycles. The number of nitrogens with zero attached hydrogens (tertiary/aromatic N) is 2. The van der Waals surface area contributed by atoms with Gasteiger partial charge in [0, 0.05) is 17.3 Å². The van der Waals surface area contributed by atoms with E-state index in [-0.39, 0.29) is 0 Å². The molecule has 0 aliphatic heterocycles. The van der Waals surface area contributed by atoms with Gasteiger partial charge < -0.3 is 5.32 Å². The molecule has 1 aromatic heterocycles. The summed E-state index contributed by atoms with van der Waals surface area (Å²) in [5, 5.41) is 3.38. The SMILES string of the molecule is CCNCCc1c(C)nc(C2CCC(C)CC2)nc1C. The van der Waals surface area contributed by atoms with E-state index in [1.54, 1.807) is 0 Å².